The van der Waals surface area contributed by atoms with Gasteiger partial charge in [0.25, 0.3) is 5.56 Å². The van der Waals surface area contributed by atoms with Gasteiger partial charge in [-0.05, 0) is 24.1 Å². The van der Waals surface area contributed by atoms with Crippen LogP contribution in [0.3, 0.4) is 0 Å². The van der Waals surface area contributed by atoms with Gasteiger partial charge >= 0.3 is 5.69 Å². The maximum atomic E-state index is 12.2. The van der Waals surface area contributed by atoms with Gasteiger partial charge in [0.1, 0.15) is 5.56 Å². The first-order valence-electron chi connectivity index (χ1n) is 9.20. The van der Waals surface area contributed by atoms with Crippen molar-refractivity contribution < 1.29 is 5.11 Å². The number of aromatic amines is 1. The summed E-state index contributed by atoms with van der Waals surface area (Å²) in [5.41, 5.74) is 0.255. The van der Waals surface area contributed by atoms with E-state index in [1.54, 1.807) is 12.1 Å². The molecule has 27 heavy (non-hydrogen) atoms. The van der Waals surface area contributed by atoms with Crippen molar-refractivity contribution in [3.05, 3.63) is 56.2 Å². The second-order valence-corrected chi connectivity index (χ2v) is 6.48. The number of piperazine rings is 1. The third-order valence-corrected chi connectivity index (χ3v) is 4.70. The zero-order chi connectivity index (χ0) is 19.2. The lowest BCUT2D eigenvalue weighted by Crippen LogP contribution is -2.44. The number of aliphatic imine (C=N–C) groups is 1. The quantitative estimate of drug-likeness (QED) is 0.626. The summed E-state index contributed by atoms with van der Waals surface area (Å²) in [6.07, 6.45) is 2.21. The molecule has 3 rings (SSSR count). The third kappa shape index (κ3) is 4.53. The summed E-state index contributed by atoms with van der Waals surface area (Å²) in [6, 6.07) is 7.24. The first-order chi connectivity index (χ1) is 13.1. The number of hydrogen-bond donors (Lipinski definition) is 3. The molecule has 8 heteroatoms. The summed E-state index contributed by atoms with van der Waals surface area (Å²) in [5, 5.41) is 13.8. The van der Waals surface area contributed by atoms with Crippen molar-refractivity contribution in [2.75, 3.05) is 39.3 Å². The number of aromatic nitrogens is 2. The van der Waals surface area contributed by atoms with Gasteiger partial charge in [-0.25, -0.2) is 9.36 Å². The fourth-order valence-corrected chi connectivity index (χ4v) is 3.06. The molecule has 1 saturated heterocycles. The lowest BCUT2D eigenvalue weighted by atomic mass is 10.1. The maximum Gasteiger partial charge on any atom is 0.335 e. The maximum absolute atomic E-state index is 12.2. The molecule has 1 fully saturated rings. The predicted molar refractivity (Wildman–Crippen MR) is 105 cm³/mol. The summed E-state index contributed by atoms with van der Waals surface area (Å²) >= 11 is 0. The van der Waals surface area contributed by atoms with E-state index >= 15 is 0 Å². The van der Waals surface area contributed by atoms with Gasteiger partial charge < -0.3 is 10.4 Å². The minimum Gasteiger partial charge on any atom is -0.493 e. The number of nitrogens with one attached hydrogen (secondary N) is 2. The van der Waals surface area contributed by atoms with Gasteiger partial charge in [-0.15, -0.1) is 0 Å². The molecule has 0 unspecified atom stereocenters. The molecule has 1 aromatic carbocycles. The molecule has 0 bridgehead atoms. The topological polar surface area (TPSA) is 103 Å². The fraction of sp³-hybridized carbons (Fsp3) is 0.421. The Kier molecular flexibility index (Phi) is 6.20. The number of H-pyrrole nitrogens is 1. The highest BCUT2D eigenvalue weighted by atomic mass is 16.3. The average Bonchev–Trinajstić information content (AvgIpc) is 2.68. The molecule has 1 aliphatic heterocycles. The summed E-state index contributed by atoms with van der Waals surface area (Å²) in [6.45, 7) is 7.21. The van der Waals surface area contributed by atoms with Crippen LogP contribution in [0.5, 0.6) is 5.88 Å². The lowest BCUT2D eigenvalue weighted by molar-refractivity contribution is 0.248. The minimum atomic E-state index is -0.681. The molecular formula is C19H25N5O3. The Morgan fingerprint density at radius 3 is 2.56 bits per heavy atom. The van der Waals surface area contributed by atoms with Crippen molar-refractivity contribution in [2.24, 2.45) is 4.99 Å². The molecule has 1 aliphatic rings. The van der Waals surface area contributed by atoms with Crippen LogP contribution in [0, 0.1) is 0 Å². The lowest BCUT2D eigenvalue weighted by Gasteiger charge is -2.26. The number of hydrogen-bond acceptors (Lipinski definition) is 6. The van der Waals surface area contributed by atoms with Gasteiger partial charge in [0.05, 0.1) is 12.2 Å². The molecule has 8 nitrogen and oxygen atoms in total. The van der Waals surface area contributed by atoms with E-state index in [2.05, 4.69) is 20.2 Å². The Hall–Kier alpha value is -2.71. The van der Waals surface area contributed by atoms with E-state index in [-0.39, 0.29) is 5.56 Å². The van der Waals surface area contributed by atoms with Crippen LogP contribution in [0.25, 0.3) is 5.69 Å². The number of benzene rings is 1. The second-order valence-electron chi connectivity index (χ2n) is 6.48. The Labute approximate surface area is 157 Å². The predicted octanol–water partition coefficient (Wildman–Crippen LogP) is 0.118. The van der Waals surface area contributed by atoms with Gasteiger partial charge in [-0.2, -0.15) is 0 Å². The first-order valence-corrected chi connectivity index (χ1v) is 9.20. The SMILES string of the molecule is CCc1ccc(-n2c(O)c(C=NCCN3CCNCC3)c(=O)[nH]c2=O)cc1. The fourth-order valence-electron chi connectivity index (χ4n) is 3.06. The smallest absolute Gasteiger partial charge is 0.335 e. The minimum absolute atomic E-state index is 0.0190. The normalized spacial score (nSPS) is 15.4. The van der Waals surface area contributed by atoms with E-state index < -0.39 is 17.1 Å². The Balaban J connectivity index is 1.81. The summed E-state index contributed by atoms with van der Waals surface area (Å²) < 4.78 is 1.08. The van der Waals surface area contributed by atoms with Gasteiger partial charge in [0.15, 0.2) is 0 Å². The van der Waals surface area contributed by atoms with E-state index in [1.165, 1.54) is 6.21 Å². The molecule has 2 heterocycles. The van der Waals surface area contributed by atoms with Crippen LogP contribution >= 0.6 is 0 Å². The van der Waals surface area contributed by atoms with E-state index in [9.17, 15) is 14.7 Å². The van der Waals surface area contributed by atoms with E-state index in [4.69, 9.17) is 0 Å². The highest BCUT2D eigenvalue weighted by Gasteiger charge is 2.14. The first kappa shape index (κ1) is 19.1. The molecule has 1 aromatic heterocycles. The van der Waals surface area contributed by atoms with Crippen molar-refractivity contribution in [1.29, 1.82) is 0 Å². The molecular weight excluding hydrogens is 346 g/mol. The summed E-state index contributed by atoms with van der Waals surface area (Å²) in [5.74, 6) is -0.404. The van der Waals surface area contributed by atoms with Gasteiger partial charge in [0.2, 0.25) is 5.88 Å². The molecule has 0 atom stereocenters. The molecule has 2 aromatic rings. The van der Waals surface area contributed by atoms with Crippen LogP contribution in [0.15, 0.2) is 38.8 Å². The highest BCUT2D eigenvalue weighted by molar-refractivity contribution is 5.82. The summed E-state index contributed by atoms with van der Waals surface area (Å²) in [4.78, 5) is 33.1. The van der Waals surface area contributed by atoms with Crippen molar-refractivity contribution in [3.8, 4) is 11.6 Å². The van der Waals surface area contributed by atoms with E-state index in [0.29, 0.717) is 12.2 Å². The number of rotatable bonds is 6. The molecule has 0 aliphatic carbocycles. The van der Waals surface area contributed by atoms with Crippen LogP contribution in [0.2, 0.25) is 0 Å². The number of aromatic hydroxyl groups is 1. The standard InChI is InChI=1S/C19H25N5O3/c1-2-14-3-5-15(6-4-14)24-18(26)16(17(25)22-19(24)27)13-21-9-12-23-10-7-20-8-11-23/h3-6,13,20,26H,2,7-12H2,1H3,(H,22,25,27). The Morgan fingerprint density at radius 1 is 1.19 bits per heavy atom. The highest BCUT2D eigenvalue weighted by Crippen LogP contribution is 2.16. The third-order valence-electron chi connectivity index (χ3n) is 4.70. The zero-order valence-electron chi connectivity index (χ0n) is 15.4. The molecule has 0 radical (unpaired) electrons. The van der Waals surface area contributed by atoms with Crippen molar-refractivity contribution in [1.82, 2.24) is 19.8 Å². The van der Waals surface area contributed by atoms with Crippen LogP contribution in [-0.2, 0) is 6.42 Å². The van der Waals surface area contributed by atoms with Crippen LogP contribution in [-0.4, -0.2) is 65.0 Å². The molecule has 0 spiro atoms. The summed E-state index contributed by atoms with van der Waals surface area (Å²) in [7, 11) is 0. The monoisotopic (exact) mass is 371 g/mol. The zero-order valence-corrected chi connectivity index (χ0v) is 15.4. The van der Waals surface area contributed by atoms with Crippen LogP contribution in [0.1, 0.15) is 18.1 Å². The van der Waals surface area contributed by atoms with E-state index in [0.717, 1.165) is 49.3 Å². The second kappa shape index (κ2) is 8.79. The number of nitrogens with zero attached hydrogens (tertiary/aromatic N) is 3. The molecule has 144 valence electrons. The van der Waals surface area contributed by atoms with E-state index in [1.807, 2.05) is 19.1 Å². The molecule has 0 amide bonds. The van der Waals surface area contributed by atoms with Crippen molar-refractivity contribution in [3.63, 3.8) is 0 Å². The van der Waals surface area contributed by atoms with Crippen molar-refractivity contribution >= 4 is 6.21 Å². The van der Waals surface area contributed by atoms with Gasteiger partial charge in [0, 0.05) is 38.9 Å². The molecule has 3 N–H and O–H groups in total. The van der Waals surface area contributed by atoms with Crippen molar-refractivity contribution in [2.45, 2.75) is 13.3 Å². The Morgan fingerprint density at radius 2 is 1.89 bits per heavy atom. The van der Waals surface area contributed by atoms with Crippen LogP contribution in [0.4, 0.5) is 0 Å². The number of aryl methyl sites for hydroxylation is 1. The Bertz CT molecular complexity index is 908. The van der Waals surface area contributed by atoms with Gasteiger partial charge in [-0.1, -0.05) is 19.1 Å². The average molecular weight is 371 g/mol. The van der Waals surface area contributed by atoms with Gasteiger partial charge in [-0.3, -0.25) is 19.7 Å². The molecule has 0 saturated carbocycles. The largest absolute Gasteiger partial charge is 0.493 e. The van der Waals surface area contributed by atoms with Crippen LogP contribution < -0.4 is 16.6 Å².